The van der Waals surface area contributed by atoms with Gasteiger partial charge in [-0.1, -0.05) is 18.2 Å². The van der Waals surface area contributed by atoms with Gasteiger partial charge in [0, 0.05) is 41.0 Å². The number of ether oxygens (including phenoxy) is 1. The van der Waals surface area contributed by atoms with Crippen LogP contribution in [-0.2, 0) is 13.0 Å². The first-order valence-electron chi connectivity index (χ1n) is 12.2. The highest BCUT2D eigenvalue weighted by Crippen LogP contribution is 2.30. The molecule has 0 saturated heterocycles. The van der Waals surface area contributed by atoms with E-state index >= 15 is 0 Å². The number of halogens is 2. The molecule has 0 aliphatic carbocycles. The van der Waals surface area contributed by atoms with E-state index in [-0.39, 0.29) is 17.9 Å². The largest absolute Gasteiger partial charge is 0.494 e. The van der Waals surface area contributed by atoms with Gasteiger partial charge in [0.1, 0.15) is 40.5 Å². The third kappa shape index (κ3) is 5.14. The van der Waals surface area contributed by atoms with Crippen LogP contribution in [0.5, 0.6) is 5.75 Å². The summed E-state index contributed by atoms with van der Waals surface area (Å²) < 4.78 is 36.5. The summed E-state index contributed by atoms with van der Waals surface area (Å²) in [6.45, 7) is 4.15. The van der Waals surface area contributed by atoms with E-state index in [1.165, 1.54) is 12.1 Å². The summed E-state index contributed by atoms with van der Waals surface area (Å²) in [5.41, 5.74) is 7.67. The SMILES string of the molecule is CCOc1cc(F)c(Cn2nc(-c3ncc(CCN)c(Nc4ccnc(C)n4)n3)c3ccccc32)c(F)c1. The van der Waals surface area contributed by atoms with Gasteiger partial charge >= 0.3 is 0 Å². The fourth-order valence-electron chi connectivity index (χ4n) is 4.16. The lowest BCUT2D eigenvalue weighted by Crippen LogP contribution is -2.09. The summed E-state index contributed by atoms with van der Waals surface area (Å²) in [6, 6.07) is 11.5. The Balaban J connectivity index is 1.56. The van der Waals surface area contributed by atoms with E-state index in [1.807, 2.05) is 24.3 Å². The molecule has 194 valence electrons. The van der Waals surface area contributed by atoms with E-state index in [0.29, 0.717) is 54.1 Å². The van der Waals surface area contributed by atoms with E-state index in [9.17, 15) is 8.78 Å². The number of rotatable bonds is 9. The van der Waals surface area contributed by atoms with Crippen LogP contribution in [0.2, 0.25) is 0 Å². The van der Waals surface area contributed by atoms with Gasteiger partial charge in [-0.3, -0.25) is 4.68 Å². The van der Waals surface area contributed by atoms with E-state index in [1.54, 1.807) is 37.0 Å². The first kappa shape index (κ1) is 25.2. The van der Waals surface area contributed by atoms with E-state index in [0.717, 1.165) is 10.9 Å². The van der Waals surface area contributed by atoms with Gasteiger partial charge in [-0.2, -0.15) is 5.10 Å². The number of anilines is 2. The zero-order chi connectivity index (χ0) is 26.6. The molecular formula is C27H26F2N8O. The average Bonchev–Trinajstić information content (AvgIpc) is 3.26. The van der Waals surface area contributed by atoms with Crippen LogP contribution in [0.25, 0.3) is 22.4 Å². The first-order valence-corrected chi connectivity index (χ1v) is 12.2. The molecule has 0 bridgehead atoms. The van der Waals surface area contributed by atoms with Crippen molar-refractivity contribution in [2.24, 2.45) is 5.73 Å². The Labute approximate surface area is 217 Å². The molecule has 38 heavy (non-hydrogen) atoms. The van der Waals surface area contributed by atoms with Gasteiger partial charge in [0.05, 0.1) is 18.7 Å². The minimum atomic E-state index is -0.705. The fourth-order valence-corrected chi connectivity index (χ4v) is 4.16. The monoisotopic (exact) mass is 516 g/mol. The summed E-state index contributed by atoms with van der Waals surface area (Å²) in [6.07, 6.45) is 3.91. The van der Waals surface area contributed by atoms with E-state index in [2.05, 4.69) is 25.4 Å². The van der Waals surface area contributed by atoms with Gasteiger partial charge in [0.2, 0.25) is 0 Å². The van der Waals surface area contributed by atoms with Crippen molar-refractivity contribution in [3.63, 3.8) is 0 Å². The number of aromatic nitrogens is 6. The average molecular weight is 517 g/mol. The maximum absolute atomic E-state index is 14.8. The number of nitrogens with zero attached hydrogens (tertiary/aromatic N) is 6. The van der Waals surface area contributed by atoms with Crippen LogP contribution in [0, 0.1) is 18.6 Å². The second-order valence-corrected chi connectivity index (χ2v) is 8.54. The number of nitrogens with two attached hydrogens (primary N) is 1. The minimum absolute atomic E-state index is 0.117. The molecule has 0 amide bonds. The van der Waals surface area contributed by atoms with Crippen LogP contribution in [0.3, 0.4) is 0 Å². The standard InChI is InChI=1S/C27H26F2N8O/c1-3-38-18-12-21(28)20(22(29)13-18)15-37-23-7-5-4-6-19(23)25(36-37)27-32-14-17(8-10-30)26(35-27)34-24-9-11-31-16(2)33-24/h4-7,9,11-14H,3,8,10,15,30H2,1-2H3,(H,31,32,33,34,35). The number of para-hydroxylation sites is 1. The number of benzene rings is 2. The molecule has 5 aromatic rings. The third-order valence-electron chi connectivity index (χ3n) is 5.90. The van der Waals surface area contributed by atoms with Crippen LogP contribution in [0.15, 0.2) is 54.9 Å². The quantitative estimate of drug-likeness (QED) is 0.293. The Morgan fingerprint density at radius 3 is 2.58 bits per heavy atom. The summed E-state index contributed by atoms with van der Waals surface area (Å²) in [5.74, 6) is 0.817. The summed E-state index contributed by atoms with van der Waals surface area (Å²) >= 11 is 0. The molecule has 9 nitrogen and oxygen atoms in total. The Bertz CT molecular complexity index is 1580. The van der Waals surface area contributed by atoms with Gasteiger partial charge in [-0.25, -0.2) is 28.7 Å². The van der Waals surface area contributed by atoms with Crippen molar-refractivity contribution < 1.29 is 13.5 Å². The van der Waals surface area contributed by atoms with Crippen LogP contribution < -0.4 is 15.8 Å². The molecule has 3 heterocycles. The highest BCUT2D eigenvalue weighted by Gasteiger charge is 2.19. The Morgan fingerprint density at radius 1 is 1.05 bits per heavy atom. The molecule has 5 rings (SSSR count). The lowest BCUT2D eigenvalue weighted by Gasteiger charge is -2.11. The Kier molecular flexibility index (Phi) is 7.18. The number of hydrogen-bond acceptors (Lipinski definition) is 8. The second-order valence-electron chi connectivity index (χ2n) is 8.54. The molecule has 3 N–H and O–H groups in total. The first-order chi connectivity index (χ1) is 18.5. The van der Waals surface area contributed by atoms with Crippen molar-refractivity contribution in [1.29, 1.82) is 0 Å². The van der Waals surface area contributed by atoms with Crippen LogP contribution in [-0.4, -0.2) is 42.9 Å². The third-order valence-corrected chi connectivity index (χ3v) is 5.90. The van der Waals surface area contributed by atoms with Crippen molar-refractivity contribution in [1.82, 2.24) is 29.7 Å². The van der Waals surface area contributed by atoms with Gasteiger partial charge < -0.3 is 15.8 Å². The summed E-state index contributed by atoms with van der Waals surface area (Å²) in [5, 5.41) is 8.66. The van der Waals surface area contributed by atoms with Crippen molar-refractivity contribution in [2.75, 3.05) is 18.5 Å². The van der Waals surface area contributed by atoms with Gasteiger partial charge in [0.25, 0.3) is 0 Å². The molecular weight excluding hydrogens is 490 g/mol. The molecule has 3 aromatic heterocycles. The number of nitrogens with one attached hydrogen (secondary N) is 1. The van der Waals surface area contributed by atoms with Crippen molar-refractivity contribution >= 4 is 22.5 Å². The molecule has 0 aliphatic rings. The molecule has 0 fully saturated rings. The van der Waals surface area contributed by atoms with Gasteiger partial charge in [-0.15, -0.1) is 0 Å². The smallest absolute Gasteiger partial charge is 0.182 e. The molecule has 0 unspecified atom stereocenters. The number of aryl methyl sites for hydroxylation is 1. The molecule has 0 saturated carbocycles. The number of fused-ring (bicyclic) bond motifs is 1. The van der Waals surface area contributed by atoms with Crippen molar-refractivity contribution in [3.05, 3.63) is 83.4 Å². The normalized spacial score (nSPS) is 11.2. The molecule has 2 aromatic carbocycles. The molecule has 0 atom stereocenters. The lowest BCUT2D eigenvalue weighted by atomic mass is 10.1. The van der Waals surface area contributed by atoms with Crippen LogP contribution in [0.1, 0.15) is 23.9 Å². The van der Waals surface area contributed by atoms with Crippen LogP contribution >= 0.6 is 0 Å². The number of hydrogen-bond donors (Lipinski definition) is 2. The molecule has 0 spiro atoms. The molecule has 0 radical (unpaired) electrons. The molecule has 0 aliphatic heterocycles. The Hall–Kier alpha value is -4.51. The van der Waals surface area contributed by atoms with Gasteiger partial charge in [-0.05, 0) is 38.9 Å². The predicted octanol–water partition coefficient (Wildman–Crippen LogP) is 4.56. The zero-order valence-electron chi connectivity index (χ0n) is 20.9. The molecule has 11 heteroatoms. The predicted molar refractivity (Wildman–Crippen MR) is 140 cm³/mol. The minimum Gasteiger partial charge on any atom is -0.494 e. The fraction of sp³-hybridized carbons (Fsp3) is 0.222. The maximum Gasteiger partial charge on any atom is 0.182 e. The summed E-state index contributed by atoms with van der Waals surface area (Å²) in [7, 11) is 0. The van der Waals surface area contributed by atoms with Crippen molar-refractivity contribution in [3.8, 4) is 17.3 Å². The maximum atomic E-state index is 14.8. The zero-order valence-corrected chi connectivity index (χ0v) is 20.9. The highest BCUT2D eigenvalue weighted by atomic mass is 19.1. The second kappa shape index (κ2) is 10.9. The Morgan fingerprint density at radius 2 is 1.84 bits per heavy atom. The lowest BCUT2D eigenvalue weighted by molar-refractivity contribution is 0.335. The van der Waals surface area contributed by atoms with Crippen LogP contribution in [0.4, 0.5) is 20.4 Å². The van der Waals surface area contributed by atoms with E-state index in [4.69, 9.17) is 15.5 Å². The van der Waals surface area contributed by atoms with Gasteiger partial charge in [0.15, 0.2) is 5.82 Å². The summed E-state index contributed by atoms with van der Waals surface area (Å²) in [4.78, 5) is 17.8. The van der Waals surface area contributed by atoms with E-state index < -0.39 is 11.6 Å². The topological polar surface area (TPSA) is 117 Å². The highest BCUT2D eigenvalue weighted by molar-refractivity contribution is 5.91. The van der Waals surface area contributed by atoms with Crippen molar-refractivity contribution in [2.45, 2.75) is 26.8 Å².